The Kier molecular flexibility index (Phi) is 9.02. The lowest BCUT2D eigenvalue weighted by atomic mass is 10.0. The summed E-state index contributed by atoms with van der Waals surface area (Å²) in [6, 6.07) is 7.00. The molecule has 0 fully saturated rings. The van der Waals surface area contributed by atoms with E-state index >= 15 is 0 Å². The average molecular weight is 415 g/mol. The highest BCUT2D eigenvalue weighted by Gasteiger charge is 2.20. The first-order valence-corrected chi connectivity index (χ1v) is 10.0. The lowest BCUT2D eigenvalue weighted by molar-refractivity contribution is -0.154. The molecule has 0 spiro atoms. The number of aryl methyl sites for hydroxylation is 1. The van der Waals surface area contributed by atoms with Crippen LogP contribution in [0.25, 0.3) is 5.69 Å². The molecule has 9 nitrogen and oxygen atoms in total. The van der Waals surface area contributed by atoms with Gasteiger partial charge in [0.15, 0.2) is 0 Å². The maximum Gasteiger partial charge on any atom is 0.252 e. The van der Waals surface area contributed by atoms with Crippen LogP contribution in [0.4, 0.5) is 0 Å². The highest BCUT2D eigenvalue weighted by molar-refractivity contribution is 5.94. The second-order valence-corrected chi connectivity index (χ2v) is 7.16. The zero-order valence-electron chi connectivity index (χ0n) is 17.4. The third kappa shape index (κ3) is 7.00. The highest BCUT2D eigenvalue weighted by atomic mass is 16.5. The fraction of sp³-hybridized carbons (Fsp3) is 0.429. The summed E-state index contributed by atoms with van der Waals surface area (Å²) >= 11 is 0. The quantitative estimate of drug-likeness (QED) is 0.161. The average Bonchev–Trinajstić information content (AvgIpc) is 3.19. The minimum absolute atomic E-state index is 0.0560. The van der Waals surface area contributed by atoms with Gasteiger partial charge in [0.2, 0.25) is 12.3 Å². The van der Waals surface area contributed by atoms with Gasteiger partial charge < -0.3 is 10.6 Å². The Hall–Kier alpha value is -3.20. The van der Waals surface area contributed by atoms with Gasteiger partial charge in [0.05, 0.1) is 31.0 Å². The molecule has 2 rings (SSSR count). The normalized spacial score (nSPS) is 11.6. The number of rotatable bonds is 12. The molecule has 3 amide bonds. The number of carbonyl (C=O) groups excluding carboxylic acids is 3. The zero-order chi connectivity index (χ0) is 21.9. The van der Waals surface area contributed by atoms with Crippen LogP contribution < -0.4 is 10.6 Å². The molecule has 0 radical (unpaired) electrons. The minimum Gasteiger partial charge on any atom is -0.338 e. The third-order valence-corrected chi connectivity index (χ3v) is 4.65. The maximum absolute atomic E-state index is 12.4. The van der Waals surface area contributed by atoms with E-state index in [9.17, 15) is 19.6 Å². The molecule has 0 bridgehead atoms. The first-order valence-electron chi connectivity index (χ1n) is 10.0. The molecule has 1 heterocycles. The summed E-state index contributed by atoms with van der Waals surface area (Å²) in [5.74, 6) is -1.21. The van der Waals surface area contributed by atoms with Crippen molar-refractivity contribution in [2.75, 3.05) is 13.2 Å². The van der Waals surface area contributed by atoms with Gasteiger partial charge in [0, 0.05) is 11.8 Å². The SMILES string of the molecule is CCCCC[C@H](CN(O)C=O)C(=O)NCNC(=O)c1cccc(-n2cc(C)cn2)c1. The fourth-order valence-electron chi connectivity index (χ4n) is 3.02. The smallest absolute Gasteiger partial charge is 0.252 e. The molecular formula is C21H29N5O4. The summed E-state index contributed by atoms with van der Waals surface area (Å²) in [7, 11) is 0. The Balaban J connectivity index is 1.90. The molecule has 3 N–H and O–H groups in total. The zero-order valence-corrected chi connectivity index (χ0v) is 17.4. The number of hydroxylamine groups is 2. The van der Waals surface area contributed by atoms with Gasteiger partial charge in [-0.25, -0.2) is 9.75 Å². The molecule has 0 aliphatic heterocycles. The van der Waals surface area contributed by atoms with E-state index in [-0.39, 0.29) is 31.4 Å². The molecule has 9 heteroatoms. The predicted octanol–water partition coefficient (Wildman–Crippen LogP) is 2.03. The van der Waals surface area contributed by atoms with E-state index in [0.717, 1.165) is 30.5 Å². The fourth-order valence-corrected chi connectivity index (χ4v) is 3.02. The van der Waals surface area contributed by atoms with Crippen molar-refractivity contribution in [1.29, 1.82) is 0 Å². The van der Waals surface area contributed by atoms with Crippen molar-refractivity contribution < 1.29 is 19.6 Å². The van der Waals surface area contributed by atoms with E-state index in [1.165, 1.54) is 0 Å². The maximum atomic E-state index is 12.4. The molecule has 0 saturated heterocycles. The van der Waals surface area contributed by atoms with Gasteiger partial charge in [-0.1, -0.05) is 32.3 Å². The Bertz CT molecular complexity index is 851. The largest absolute Gasteiger partial charge is 0.338 e. The Morgan fingerprint density at radius 1 is 1.30 bits per heavy atom. The molecule has 1 aromatic heterocycles. The minimum atomic E-state index is -0.546. The second-order valence-electron chi connectivity index (χ2n) is 7.16. The number of nitrogens with one attached hydrogen (secondary N) is 2. The van der Waals surface area contributed by atoms with Crippen LogP contribution in [0.5, 0.6) is 0 Å². The monoisotopic (exact) mass is 415 g/mol. The first kappa shape index (κ1) is 23.1. The molecule has 2 aromatic rings. The van der Waals surface area contributed by atoms with Gasteiger partial charge in [0.1, 0.15) is 0 Å². The van der Waals surface area contributed by atoms with Crippen molar-refractivity contribution in [3.05, 3.63) is 47.8 Å². The van der Waals surface area contributed by atoms with Crippen molar-refractivity contribution >= 4 is 18.2 Å². The highest BCUT2D eigenvalue weighted by Crippen LogP contribution is 2.12. The number of benzene rings is 1. The molecule has 1 atom stereocenters. The van der Waals surface area contributed by atoms with Crippen LogP contribution in [-0.4, -0.2) is 51.5 Å². The molecule has 0 aliphatic rings. The standard InChI is InChI=1S/C21H29N5O4/c1-3-4-5-7-18(13-25(30)15-27)21(29)23-14-22-20(28)17-8-6-9-19(10-17)26-12-16(2)11-24-26/h6,8-12,15,18,30H,3-5,7,13-14H2,1-2H3,(H,22,28)(H,23,29)/t18-/m1/s1. The second kappa shape index (κ2) is 11.7. The predicted molar refractivity (Wildman–Crippen MR) is 111 cm³/mol. The van der Waals surface area contributed by atoms with Gasteiger partial charge >= 0.3 is 0 Å². The van der Waals surface area contributed by atoms with Gasteiger partial charge in [-0.15, -0.1) is 0 Å². The van der Waals surface area contributed by atoms with E-state index in [0.29, 0.717) is 17.0 Å². The van der Waals surface area contributed by atoms with Crippen molar-refractivity contribution in [1.82, 2.24) is 25.5 Å². The van der Waals surface area contributed by atoms with E-state index in [4.69, 9.17) is 0 Å². The number of unbranched alkanes of at least 4 members (excludes halogenated alkanes) is 2. The van der Waals surface area contributed by atoms with Crippen molar-refractivity contribution in [2.45, 2.75) is 39.5 Å². The molecule has 0 unspecified atom stereocenters. The molecule has 30 heavy (non-hydrogen) atoms. The molecular weight excluding hydrogens is 386 g/mol. The Morgan fingerprint density at radius 2 is 2.10 bits per heavy atom. The summed E-state index contributed by atoms with van der Waals surface area (Å²) in [6.07, 6.45) is 7.18. The van der Waals surface area contributed by atoms with Crippen LogP contribution in [-0.2, 0) is 9.59 Å². The van der Waals surface area contributed by atoms with Gasteiger partial charge in [0.25, 0.3) is 5.91 Å². The lowest BCUT2D eigenvalue weighted by Crippen LogP contribution is -2.43. The summed E-state index contributed by atoms with van der Waals surface area (Å²) < 4.78 is 1.68. The van der Waals surface area contributed by atoms with Gasteiger partial charge in [-0.3, -0.25) is 19.6 Å². The number of hydrogen-bond donors (Lipinski definition) is 3. The summed E-state index contributed by atoms with van der Waals surface area (Å²) in [5.41, 5.74) is 2.21. The van der Waals surface area contributed by atoms with Gasteiger partial charge in [-0.05, 0) is 37.1 Å². The third-order valence-electron chi connectivity index (χ3n) is 4.65. The molecule has 0 saturated carbocycles. The summed E-state index contributed by atoms with van der Waals surface area (Å²) in [5, 5.41) is 19.4. The van der Waals surface area contributed by atoms with Crippen LogP contribution in [0.15, 0.2) is 36.7 Å². The van der Waals surface area contributed by atoms with E-state index in [2.05, 4.69) is 22.7 Å². The van der Waals surface area contributed by atoms with Crippen molar-refractivity contribution in [3.63, 3.8) is 0 Å². The van der Waals surface area contributed by atoms with Gasteiger partial charge in [-0.2, -0.15) is 5.10 Å². The number of amides is 3. The van der Waals surface area contributed by atoms with Crippen molar-refractivity contribution in [3.8, 4) is 5.69 Å². The number of aromatic nitrogens is 2. The van der Waals surface area contributed by atoms with Crippen LogP contribution in [0.3, 0.4) is 0 Å². The summed E-state index contributed by atoms with van der Waals surface area (Å²) in [4.78, 5) is 35.5. The lowest BCUT2D eigenvalue weighted by Gasteiger charge is -2.19. The molecule has 162 valence electrons. The molecule has 1 aromatic carbocycles. The Morgan fingerprint density at radius 3 is 2.77 bits per heavy atom. The van der Waals surface area contributed by atoms with Crippen LogP contribution >= 0.6 is 0 Å². The number of carbonyl (C=O) groups is 3. The summed E-state index contributed by atoms with van der Waals surface area (Å²) in [6.45, 7) is 3.85. The number of nitrogens with zero attached hydrogens (tertiary/aromatic N) is 3. The van der Waals surface area contributed by atoms with Crippen LogP contribution in [0.1, 0.15) is 48.5 Å². The van der Waals surface area contributed by atoms with Crippen molar-refractivity contribution in [2.24, 2.45) is 5.92 Å². The van der Waals surface area contributed by atoms with E-state index < -0.39 is 5.92 Å². The topological polar surface area (TPSA) is 117 Å². The van der Waals surface area contributed by atoms with Crippen LogP contribution in [0.2, 0.25) is 0 Å². The Labute approximate surface area is 176 Å². The number of hydrogen-bond acceptors (Lipinski definition) is 5. The van der Waals surface area contributed by atoms with E-state index in [1.54, 1.807) is 29.1 Å². The first-order chi connectivity index (χ1) is 14.4. The van der Waals surface area contributed by atoms with E-state index in [1.807, 2.05) is 19.2 Å². The molecule has 0 aliphatic carbocycles. The van der Waals surface area contributed by atoms with Crippen LogP contribution in [0, 0.1) is 12.8 Å².